The van der Waals surface area contributed by atoms with Gasteiger partial charge in [-0.25, -0.2) is 0 Å². The van der Waals surface area contributed by atoms with E-state index in [-0.39, 0.29) is 5.91 Å². The van der Waals surface area contributed by atoms with E-state index in [2.05, 4.69) is 5.10 Å². The Morgan fingerprint density at radius 2 is 1.32 bits per heavy atom. The van der Waals surface area contributed by atoms with Gasteiger partial charge >= 0.3 is 0 Å². The molecular formula is C22H16N2O. The summed E-state index contributed by atoms with van der Waals surface area (Å²) >= 11 is 0. The third kappa shape index (κ3) is 3.00. The minimum absolute atomic E-state index is 0.139. The first-order chi connectivity index (χ1) is 12.3. The zero-order chi connectivity index (χ0) is 17.1. The summed E-state index contributed by atoms with van der Waals surface area (Å²) in [5.74, 6) is -0.139. The van der Waals surface area contributed by atoms with Gasteiger partial charge in [-0.2, -0.15) is 10.1 Å². The quantitative estimate of drug-likeness (QED) is 0.668. The smallest absolute Gasteiger partial charge is 0.267 e. The van der Waals surface area contributed by atoms with E-state index in [1.54, 1.807) is 0 Å². The number of nitrogens with zero attached hydrogens (tertiary/aromatic N) is 2. The monoisotopic (exact) mass is 324 g/mol. The maximum Gasteiger partial charge on any atom is 0.279 e. The molecule has 0 saturated heterocycles. The number of benzene rings is 3. The van der Waals surface area contributed by atoms with Crippen LogP contribution in [0.3, 0.4) is 0 Å². The molecule has 1 aliphatic rings. The molecule has 1 aliphatic heterocycles. The predicted octanol–water partition coefficient (Wildman–Crippen LogP) is 4.76. The Bertz CT molecular complexity index is 960. The Kier molecular flexibility index (Phi) is 3.97. The van der Waals surface area contributed by atoms with Gasteiger partial charge in [0, 0.05) is 11.1 Å². The van der Waals surface area contributed by atoms with Crippen LogP contribution >= 0.6 is 0 Å². The largest absolute Gasteiger partial charge is 0.279 e. The molecule has 0 aliphatic carbocycles. The number of anilines is 1. The van der Waals surface area contributed by atoms with E-state index >= 15 is 0 Å². The predicted molar refractivity (Wildman–Crippen MR) is 102 cm³/mol. The third-order valence-corrected chi connectivity index (χ3v) is 4.08. The lowest BCUT2D eigenvalue weighted by molar-refractivity contribution is 0.0987. The summed E-state index contributed by atoms with van der Waals surface area (Å²) in [4.78, 5) is 13.2. The highest BCUT2D eigenvalue weighted by Crippen LogP contribution is 2.23. The first-order valence-electron chi connectivity index (χ1n) is 8.13. The Morgan fingerprint density at radius 3 is 2.08 bits per heavy atom. The van der Waals surface area contributed by atoms with Crippen molar-refractivity contribution in [1.29, 1.82) is 0 Å². The molecule has 0 bridgehead atoms. The van der Waals surface area contributed by atoms with Crippen molar-refractivity contribution in [2.75, 3.05) is 5.01 Å². The summed E-state index contributed by atoms with van der Waals surface area (Å²) in [6, 6.07) is 27.0. The van der Waals surface area contributed by atoms with Gasteiger partial charge in [-0.1, -0.05) is 72.8 Å². The van der Waals surface area contributed by atoms with E-state index in [0.29, 0.717) is 5.56 Å². The number of para-hydroxylation sites is 1. The second-order valence-electron chi connectivity index (χ2n) is 5.72. The maximum absolute atomic E-state index is 13.2. The van der Waals surface area contributed by atoms with E-state index in [1.807, 2.05) is 97.1 Å². The average molecular weight is 324 g/mol. The van der Waals surface area contributed by atoms with Gasteiger partial charge in [-0.05, 0) is 29.8 Å². The summed E-state index contributed by atoms with van der Waals surface area (Å²) in [6.45, 7) is 0. The molecule has 3 aromatic rings. The van der Waals surface area contributed by atoms with Crippen LogP contribution in [-0.2, 0) is 0 Å². The first kappa shape index (κ1) is 15.1. The molecule has 0 saturated carbocycles. The minimum atomic E-state index is -0.139. The molecule has 4 rings (SSSR count). The van der Waals surface area contributed by atoms with E-state index < -0.39 is 0 Å². The second kappa shape index (κ2) is 6.57. The van der Waals surface area contributed by atoms with Crippen molar-refractivity contribution < 1.29 is 4.79 Å². The standard InChI is InChI=1S/C22H16N2O/c25-22-20-14-8-7-9-17(20)15-16-21(18-10-3-1-4-11-18)23-24(22)19-12-5-2-6-13-19/h1-16H. The van der Waals surface area contributed by atoms with Crippen LogP contribution in [0, 0.1) is 0 Å². The number of allylic oxidation sites excluding steroid dienone is 1. The van der Waals surface area contributed by atoms with Gasteiger partial charge in [0.15, 0.2) is 0 Å². The number of rotatable bonds is 2. The van der Waals surface area contributed by atoms with Crippen molar-refractivity contribution in [2.24, 2.45) is 5.10 Å². The molecule has 0 spiro atoms. The van der Waals surface area contributed by atoms with E-state index in [1.165, 1.54) is 5.01 Å². The SMILES string of the molecule is O=C1c2ccccc2C=CC(c2ccccc2)=NN1c1ccccc1. The summed E-state index contributed by atoms with van der Waals surface area (Å²) in [7, 11) is 0. The van der Waals surface area contributed by atoms with E-state index in [0.717, 1.165) is 22.5 Å². The number of carbonyl (C=O) groups is 1. The van der Waals surface area contributed by atoms with Crippen LogP contribution in [-0.4, -0.2) is 11.6 Å². The van der Waals surface area contributed by atoms with Crippen LogP contribution < -0.4 is 5.01 Å². The second-order valence-corrected chi connectivity index (χ2v) is 5.72. The van der Waals surface area contributed by atoms with Crippen molar-refractivity contribution in [3.05, 3.63) is 108 Å². The molecule has 0 radical (unpaired) electrons. The molecule has 0 unspecified atom stereocenters. The Balaban J connectivity index is 1.92. The fourth-order valence-electron chi connectivity index (χ4n) is 2.81. The van der Waals surface area contributed by atoms with Crippen molar-refractivity contribution in [2.45, 2.75) is 0 Å². The van der Waals surface area contributed by atoms with Crippen molar-refractivity contribution in [1.82, 2.24) is 0 Å². The van der Waals surface area contributed by atoms with Crippen molar-refractivity contribution in [3.63, 3.8) is 0 Å². The first-order valence-corrected chi connectivity index (χ1v) is 8.13. The Labute approximate surface area is 146 Å². The molecule has 0 atom stereocenters. The van der Waals surface area contributed by atoms with E-state index in [9.17, 15) is 4.79 Å². The summed E-state index contributed by atoms with van der Waals surface area (Å²) < 4.78 is 0. The lowest BCUT2D eigenvalue weighted by Crippen LogP contribution is -2.28. The fraction of sp³-hybridized carbons (Fsp3) is 0. The number of carbonyl (C=O) groups excluding carboxylic acids is 1. The van der Waals surface area contributed by atoms with Crippen LogP contribution in [0.2, 0.25) is 0 Å². The summed E-state index contributed by atoms with van der Waals surface area (Å²) in [5.41, 5.74) is 3.97. The average Bonchev–Trinajstić information content (AvgIpc) is 2.68. The molecule has 3 nitrogen and oxygen atoms in total. The van der Waals surface area contributed by atoms with Crippen molar-refractivity contribution >= 4 is 23.4 Å². The zero-order valence-corrected chi connectivity index (χ0v) is 13.5. The minimum Gasteiger partial charge on any atom is -0.267 e. The summed E-state index contributed by atoms with van der Waals surface area (Å²) in [6.07, 6.45) is 3.90. The van der Waals surface area contributed by atoms with Gasteiger partial charge in [0.05, 0.1) is 11.4 Å². The molecule has 0 fully saturated rings. The van der Waals surface area contributed by atoms with Crippen LogP contribution in [0.4, 0.5) is 5.69 Å². The number of hydrazone groups is 1. The van der Waals surface area contributed by atoms with Gasteiger partial charge in [0.2, 0.25) is 0 Å². The topological polar surface area (TPSA) is 32.7 Å². The van der Waals surface area contributed by atoms with Gasteiger partial charge in [0.25, 0.3) is 5.91 Å². The number of amides is 1. The van der Waals surface area contributed by atoms with Crippen molar-refractivity contribution in [3.8, 4) is 0 Å². The molecule has 3 aromatic carbocycles. The zero-order valence-electron chi connectivity index (χ0n) is 13.5. The van der Waals surface area contributed by atoms with Crippen LogP contribution in [0.15, 0.2) is 96.1 Å². The number of fused-ring (bicyclic) bond motifs is 1. The molecule has 0 N–H and O–H groups in total. The Hall–Kier alpha value is -3.46. The molecule has 0 aromatic heterocycles. The number of hydrogen-bond acceptors (Lipinski definition) is 2. The normalized spacial score (nSPS) is 13.7. The van der Waals surface area contributed by atoms with Gasteiger partial charge < -0.3 is 0 Å². The molecular weight excluding hydrogens is 308 g/mol. The number of hydrogen-bond donors (Lipinski definition) is 0. The van der Waals surface area contributed by atoms with Gasteiger partial charge in [-0.15, -0.1) is 0 Å². The van der Waals surface area contributed by atoms with Gasteiger partial charge in [-0.3, -0.25) is 4.79 Å². The van der Waals surface area contributed by atoms with Gasteiger partial charge in [0.1, 0.15) is 0 Å². The molecule has 3 heteroatoms. The highest BCUT2D eigenvalue weighted by atomic mass is 16.2. The molecule has 1 amide bonds. The molecule has 25 heavy (non-hydrogen) atoms. The highest BCUT2D eigenvalue weighted by molar-refractivity contribution is 6.16. The summed E-state index contributed by atoms with van der Waals surface area (Å²) in [5, 5.41) is 6.15. The van der Waals surface area contributed by atoms with Crippen LogP contribution in [0.5, 0.6) is 0 Å². The third-order valence-electron chi connectivity index (χ3n) is 4.08. The Morgan fingerprint density at radius 1 is 0.680 bits per heavy atom. The lowest BCUT2D eigenvalue weighted by atomic mass is 10.0. The molecule has 120 valence electrons. The highest BCUT2D eigenvalue weighted by Gasteiger charge is 2.21. The van der Waals surface area contributed by atoms with Crippen LogP contribution in [0.1, 0.15) is 21.5 Å². The van der Waals surface area contributed by atoms with Crippen LogP contribution in [0.25, 0.3) is 6.08 Å². The fourth-order valence-corrected chi connectivity index (χ4v) is 2.81. The maximum atomic E-state index is 13.2. The lowest BCUT2D eigenvalue weighted by Gasteiger charge is -2.21. The van der Waals surface area contributed by atoms with E-state index in [4.69, 9.17) is 0 Å². The molecule has 1 heterocycles.